The second-order valence-electron chi connectivity index (χ2n) is 3.89. The van der Waals surface area contributed by atoms with Crippen LogP contribution in [0.1, 0.15) is 25.3 Å². The highest BCUT2D eigenvalue weighted by atomic mass is 19.1. The summed E-state index contributed by atoms with van der Waals surface area (Å²) in [4.78, 5) is 0. The number of ether oxygens (including phenoxy) is 1. The molecular formula is C13H17FN2O. The maximum atomic E-state index is 13.0. The van der Waals surface area contributed by atoms with Crippen molar-refractivity contribution in [1.82, 2.24) is 0 Å². The van der Waals surface area contributed by atoms with Gasteiger partial charge in [0.15, 0.2) is 0 Å². The molecule has 1 unspecified atom stereocenters. The molecular weight excluding hydrogens is 219 g/mol. The molecule has 1 N–H and O–H groups in total. The SMILES string of the molecule is CCCC(COC)Nc1ccc(F)cc1C#N. The lowest BCUT2D eigenvalue weighted by atomic mass is 10.1. The molecule has 0 spiro atoms. The van der Waals surface area contributed by atoms with E-state index in [9.17, 15) is 4.39 Å². The van der Waals surface area contributed by atoms with E-state index in [1.54, 1.807) is 13.2 Å². The first-order chi connectivity index (χ1) is 8.21. The highest BCUT2D eigenvalue weighted by molar-refractivity contribution is 5.57. The smallest absolute Gasteiger partial charge is 0.124 e. The summed E-state index contributed by atoms with van der Waals surface area (Å²) in [6.07, 6.45) is 1.96. The van der Waals surface area contributed by atoms with Gasteiger partial charge in [-0.25, -0.2) is 4.39 Å². The minimum atomic E-state index is -0.397. The number of methoxy groups -OCH3 is 1. The molecule has 0 aliphatic carbocycles. The van der Waals surface area contributed by atoms with Crippen molar-refractivity contribution in [2.24, 2.45) is 0 Å². The maximum absolute atomic E-state index is 13.0. The lowest BCUT2D eigenvalue weighted by molar-refractivity contribution is 0.182. The molecule has 92 valence electrons. The van der Waals surface area contributed by atoms with Gasteiger partial charge in [0.05, 0.1) is 17.9 Å². The van der Waals surface area contributed by atoms with E-state index in [2.05, 4.69) is 12.2 Å². The molecule has 1 aromatic rings. The third-order valence-corrected chi connectivity index (χ3v) is 2.47. The molecule has 0 aliphatic heterocycles. The van der Waals surface area contributed by atoms with Gasteiger partial charge in [-0.2, -0.15) is 5.26 Å². The van der Waals surface area contributed by atoms with E-state index in [1.165, 1.54) is 12.1 Å². The second-order valence-corrected chi connectivity index (χ2v) is 3.89. The minimum absolute atomic E-state index is 0.141. The van der Waals surface area contributed by atoms with E-state index in [1.807, 2.05) is 6.07 Å². The van der Waals surface area contributed by atoms with Crippen LogP contribution in [0.5, 0.6) is 0 Å². The summed E-state index contributed by atoms with van der Waals surface area (Å²) in [6, 6.07) is 6.29. The van der Waals surface area contributed by atoms with Crippen molar-refractivity contribution in [3.8, 4) is 6.07 Å². The van der Waals surface area contributed by atoms with Gasteiger partial charge in [-0.05, 0) is 24.6 Å². The van der Waals surface area contributed by atoms with Crippen LogP contribution in [0.3, 0.4) is 0 Å². The molecule has 1 atom stereocenters. The van der Waals surface area contributed by atoms with E-state index in [0.717, 1.165) is 12.8 Å². The van der Waals surface area contributed by atoms with Crippen LogP contribution in [0.4, 0.5) is 10.1 Å². The Morgan fingerprint density at radius 2 is 2.29 bits per heavy atom. The van der Waals surface area contributed by atoms with Crippen molar-refractivity contribution in [3.05, 3.63) is 29.6 Å². The van der Waals surface area contributed by atoms with Crippen molar-refractivity contribution in [2.45, 2.75) is 25.8 Å². The predicted molar refractivity (Wildman–Crippen MR) is 65.3 cm³/mol. The van der Waals surface area contributed by atoms with Crippen molar-refractivity contribution >= 4 is 5.69 Å². The average Bonchev–Trinajstić information content (AvgIpc) is 2.32. The third kappa shape index (κ3) is 4.04. The van der Waals surface area contributed by atoms with Crippen LogP contribution in [0, 0.1) is 17.1 Å². The van der Waals surface area contributed by atoms with Crippen LogP contribution in [0.25, 0.3) is 0 Å². The van der Waals surface area contributed by atoms with Crippen molar-refractivity contribution in [2.75, 3.05) is 19.0 Å². The zero-order chi connectivity index (χ0) is 12.7. The molecule has 0 heterocycles. The second kappa shape index (κ2) is 6.87. The Morgan fingerprint density at radius 3 is 2.88 bits per heavy atom. The first kappa shape index (κ1) is 13.5. The van der Waals surface area contributed by atoms with Crippen LogP contribution in [0.2, 0.25) is 0 Å². The number of nitrogens with one attached hydrogen (secondary N) is 1. The van der Waals surface area contributed by atoms with Gasteiger partial charge in [0.25, 0.3) is 0 Å². The molecule has 1 aromatic carbocycles. The molecule has 0 aromatic heterocycles. The molecule has 4 heteroatoms. The average molecular weight is 236 g/mol. The summed E-state index contributed by atoms with van der Waals surface area (Å²) in [7, 11) is 1.64. The third-order valence-electron chi connectivity index (χ3n) is 2.47. The Balaban J connectivity index is 2.81. The van der Waals surface area contributed by atoms with E-state index >= 15 is 0 Å². The molecule has 0 bridgehead atoms. The zero-order valence-electron chi connectivity index (χ0n) is 10.2. The Bertz CT molecular complexity index is 395. The molecule has 17 heavy (non-hydrogen) atoms. The quantitative estimate of drug-likeness (QED) is 0.826. The standard InChI is InChI=1S/C13H17FN2O/c1-3-4-12(9-17-2)16-13-6-5-11(14)7-10(13)8-15/h5-7,12,16H,3-4,9H2,1-2H3. The first-order valence-corrected chi connectivity index (χ1v) is 5.66. The first-order valence-electron chi connectivity index (χ1n) is 5.66. The summed E-state index contributed by atoms with van der Waals surface area (Å²) in [5.74, 6) is -0.397. The summed E-state index contributed by atoms with van der Waals surface area (Å²) >= 11 is 0. The van der Waals surface area contributed by atoms with Gasteiger partial charge < -0.3 is 10.1 Å². The lowest BCUT2D eigenvalue weighted by Gasteiger charge is -2.19. The molecule has 3 nitrogen and oxygen atoms in total. The molecule has 0 aliphatic rings. The molecule has 0 saturated carbocycles. The highest BCUT2D eigenvalue weighted by Gasteiger charge is 2.10. The summed E-state index contributed by atoms with van der Waals surface area (Å²) in [6.45, 7) is 2.65. The van der Waals surface area contributed by atoms with E-state index in [-0.39, 0.29) is 6.04 Å². The van der Waals surface area contributed by atoms with Crippen LogP contribution in [0.15, 0.2) is 18.2 Å². The summed E-state index contributed by atoms with van der Waals surface area (Å²) in [5.41, 5.74) is 0.978. The van der Waals surface area contributed by atoms with Crippen LogP contribution in [-0.4, -0.2) is 19.8 Å². The number of hydrogen-bond donors (Lipinski definition) is 1. The normalized spacial score (nSPS) is 11.9. The fourth-order valence-electron chi connectivity index (χ4n) is 1.70. The Labute approximate surface area is 101 Å². The van der Waals surface area contributed by atoms with Gasteiger partial charge in [0, 0.05) is 13.2 Å². The summed E-state index contributed by atoms with van der Waals surface area (Å²) in [5, 5.41) is 12.1. The van der Waals surface area contributed by atoms with E-state index in [4.69, 9.17) is 10.00 Å². The Morgan fingerprint density at radius 1 is 1.53 bits per heavy atom. The molecule has 1 rings (SSSR count). The van der Waals surface area contributed by atoms with Crippen LogP contribution < -0.4 is 5.32 Å². The number of anilines is 1. The number of benzene rings is 1. The zero-order valence-corrected chi connectivity index (χ0v) is 10.2. The Kier molecular flexibility index (Phi) is 5.44. The lowest BCUT2D eigenvalue weighted by Crippen LogP contribution is -2.25. The van der Waals surface area contributed by atoms with Gasteiger partial charge >= 0.3 is 0 Å². The fourth-order valence-corrected chi connectivity index (χ4v) is 1.70. The molecule has 0 amide bonds. The Hall–Kier alpha value is -1.60. The summed E-state index contributed by atoms with van der Waals surface area (Å²) < 4.78 is 18.1. The number of nitrogens with zero attached hydrogens (tertiary/aromatic N) is 1. The minimum Gasteiger partial charge on any atom is -0.383 e. The largest absolute Gasteiger partial charge is 0.383 e. The van der Waals surface area contributed by atoms with E-state index in [0.29, 0.717) is 17.9 Å². The fraction of sp³-hybridized carbons (Fsp3) is 0.462. The van der Waals surface area contributed by atoms with Gasteiger partial charge in [-0.3, -0.25) is 0 Å². The highest BCUT2D eigenvalue weighted by Crippen LogP contribution is 2.18. The van der Waals surface area contributed by atoms with Gasteiger partial charge in [0.2, 0.25) is 0 Å². The van der Waals surface area contributed by atoms with Gasteiger partial charge in [0.1, 0.15) is 11.9 Å². The monoisotopic (exact) mass is 236 g/mol. The number of nitriles is 1. The van der Waals surface area contributed by atoms with Gasteiger partial charge in [-0.15, -0.1) is 0 Å². The number of halogens is 1. The van der Waals surface area contributed by atoms with Crippen LogP contribution >= 0.6 is 0 Å². The topological polar surface area (TPSA) is 45.0 Å². The molecule has 0 saturated heterocycles. The van der Waals surface area contributed by atoms with Gasteiger partial charge in [-0.1, -0.05) is 13.3 Å². The number of hydrogen-bond acceptors (Lipinski definition) is 3. The maximum Gasteiger partial charge on any atom is 0.124 e. The number of rotatable bonds is 6. The van der Waals surface area contributed by atoms with Crippen molar-refractivity contribution < 1.29 is 9.13 Å². The van der Waals surface area contributed by atoms with E-state index < -0.39 is 5.82 Å². The van der Waals surface area contributed by atoms with Crippen molar-refractivity contribution in [1.29, 1.82) is 5.26 Å². The molecule has 0 fully saturated rings. The predicted octanol–water partition coefficient (Wildman–Crippen LogP) is 2.92. The van der Waals surface area contributed by atoms with Crippen molar-refractivity contribution in [3.63, 3.8) is 0 Å². The van der Waals surface area contributed by atoms with Crippen LogP contribution in [-0.2, 0) is 4.74 Å². The molecule has 0 radical (unpaired) electrons.